The number of hydrogen-bond acceptors (Lipinski definition) is 4. The van der Waals surface area contributed by atoms with Gasteiger partial charge < -0.3 is 10.1 Å². The first-order chi connectivity index (χ1) is 15.8. The largest absolute Gasteiger partial charge is 0.497 e. The molecular formula is C26H30N2O4S. The average Bonchev–Trinajstić information content (AvgIpc) is 2.83. The minimum absolute atomic E-state index is 0.157. The molecule has 33 heavy (non-hydrogen) atoms. The lowest BCUT2D eigenvalue weighted by molar-refractivity contribution is -0.119. The van der Waals surface area contributed by atoms with Crippen molar-refractivity contribution in [3.05, 3.63) is 89.5 Å². The normalized spacial score (nSPS) is 11.1. The van der Waals surface area contributed by atoms with Crippen LogP contribution in [0.25, 0.3) is 0 Å². The fraction of sp³-hybridized carbons (Fsp3) is 0.269. The lowest BCUT2D eigenvalue weighted by Crippen LogP contribution is -2.41. The number of hydrogen-bond donors (Lipinski definition) is 1. The van der Waals surface area contributed by atoms with Gasteiger partial charge in [0.1, 0.15) is 12.3 Å². The first-order valence-electron chi connectivity index (χ1n) is 10.9. The average molecular weight is 467 g/mol. The highest BCUT2D eigenvalue weighted by Crippen LogP contribution is 2.27. The number of rotatable bonds is 10. The standard InChI is InChI=1S/C26H30N2O4S/c1-4-22-7-5-6-8-25(22)28(33(30,31)24-15-9-20(2)10-16-24)19-26(29)27-18-17-21-11-13-23(32-3)14-12-21/h5-16H,4,17-19H2,1-3H3,(H,27,29). The zero-order chi connectivity index (χ0) is 23.8. The topological polar surface area (TPSA) is 75.7 Å². The Kier molecular flexibility index (Phi) is 8.11. The van der Waals surface area contributed by atoms with Gasteiger partial charge in [-0.05, 0) is 61.2 Å². The zero-order valence-corrected chi connectivity index (χ0v) is 20.1. The van der Waals surface area contributed by atoms with Crippen molar-refractivity contribution in [3.8, 4) is 5.75 Å². The SMILES string of the molecule is CCc1ccccc1N(CC(=O)NCCc1ccc(OC)cc1)S(=O)(=O)c1ccc(C)cc1. The molecule has 0 heterocycles. The number of benzene rings is 3. The summed E-state index contributed by atoms with van der Waals surface area (Å²) in [7, 11) is -2.31. The van der Waals surface area contributed by atoms with Gasteiger partial charge in [-0.2, -0.15) is 0 Å². The van der Waals surface area contributed by atoms with E-state index in [0.717, 1.165) is 22.4 Å². The number of ether oxygens (including phenoxy) is 1. The minimum atomic E-state index is -3.92. The van der Waals surface area contributed by atoms with E-state index in [1.54, 1.807) is 43.5 Å². The smallest absolute Gasteiger partial charge is 0.264 e. The molecule has 0 aliphatic heterocycles. The van der Waals surface area contributed by atoms with Gasteiger partial charge in [0.05, 0.1) is 17.7 Å². The molecule has 1 N–H and O–H groups in total. The summed E-state index contributed by atoms with van der Waals surface area (Å²) in [6.07, 6.45) is 1.28. The van der Waals surface area contributed by atoms with Crippen molar-refractivity contribution in [1.29, 1.82) is 0 Å². The van der Waals surface area contributed by atoms with Crippen molar-refractivity contribution < 1.29 is 17.9 Å². The van der Waals surface area contributed by atoms with Crippen LogP contribution in [0.1, 0.15) is 23.6 Å². The van der Waals surface area contributed by atoms with E-state index in [2.05, 4.69) is 5.32 Å². The van der Waals surface area contributed by atoms with E-state index in [1.165, 1.54) is 4.31 Å². The molecule has 0 atom stereocenters. The fourth-order valence-corrected chi connectivity index (χ4v) is 4.97. The van der Waals surface area contributed by atoms with E-state index < -0.39 is 10.0 Å². The summed E-state index contributed by atoms with van der Waals surface area (Å²) >= 11 is 0. The number of anilines is 1. The molecule has 6 nitrogen and oxygen atoms in total. The molecule has 174 valence electrons. The molecule has 0 radical (unpaired) electrons. The molecule has 0 aromatic heterocycles. The van der Waals surface area contributed by atoms with Crippen LogP contribution in [0, 0.1) is 6.92 Å². The van der Waals surface area contributed by atoms with Crippen LogP contribution in [0.15, 0.2) is 77.7 Å². The van der Waals surface area contributed by atoms with Crippen molar-refractivity contribution in [3.63, 3.8) is 0 Å². The summed E-state index contributed by atoms with van der Waals surface area (Å²) in [5.74, 6) is 0.416. The predicted molar refractivity (Wildman–Crippen MR) is 131 cm³/mol. The Labute approximate surface area is 196 Å². The zero-order valence-electron chi connectivity index (χ0n) is 19.2. The number of carbonyl (C=O) groups is 1. The third kappa shape index (κ3) is 6.14. The van der Waals surface area contributed by atoms with E-state index >= 15 is 0 Å². The molecule has 0 spiro atoms. The van der Waals surface area contributed by atoms with Crippen LogP contribution in [-0.4, -0.2) is 34.5 Å². The highest BCUT2D eigenvalue weighted by atomic mass is 32.2. The molecule has 0 fully saturated rings. The van der Waals surface area contributed by atoms with Crippen LogP contribution >= 0.6 is 0 Å². The quantitative estimate of drug-likeness (QED) is 0.488. The first kappa shape index (κ1) is 24.3. The van der Waals surface area contributed by atoms with Crippen LogP contribution in [0.4, 0.5) is 5.69 Å². The summed E-state index contributed by atoms with van der Waals surface area (Å²) in [6.45, 7) is 3.97. The van der Waals surface area contributed by atoms with E-state index in [1.807, 2.05) is 50.2 Å². The maximum atomic E-state index is 13.5. The third-order valence-electron chi connectivity index (χ3n) is 5.43. The van der Waals surface area contributed by atoms with E-state index in [-0.39, 0.29) is 17.3 Å². The van der Waals surface area contributed by atoms with Crippen molar-refractivity contribution >= 4 is 21.6 Å². The van der Waals surface area contributed by atoms with Gasteiger partial charge in [0.15, 0.2) is 0 Å². The number of methoxy groups -OCH3 is 1. The predicted octanol–water partition coefficient (Wildman–Crippen LogP) is 4.12. The molecule has 3 aromatic rings. The summed E-state index contributed by atoms with van der Waals surface area (Å²) in [5, 5.41) is 2.85. The van der Waals surface area contributed by atoms with Crippen molar-refractivity contribution in [2.24, 2.45) is 0 Å². The number of nitrogens with zero attached hydrogens (tertiary/aromatic N) is 1. The molecule has 3 aromatic carbocycles. The maximum Gasteiger partial charge on any atom is 0.264 e. The molecule has 0 saturated carbocycles. The highest BCUT2D eigenvalue weighted by molar-refractivity contribution is 7.92. The summed E-state index contributed by atoms with van der Waals surface area (Å²) in [6, 6.07) is 21.6. The molecular weight excluding hydrogens is 436 g/mol. The van der Waals surface area contributed by atoms with Crippen LogP contribution in [0.2, 0.25) is 0 Å². The number of sulfonamides is 1. The van der Waals surface area contributed by atoms with E-state index in [0.29, 0.717) is 25.1 Å². The van der Waals surface area contributed by atoms with Crippen molar-refractivity contribution in [2.75, 3.05) is 24.5 Å². The monoisotopic (exact) mass is 466 g/mol. The van der Waals surface area contributed by atoms with E-state index in [4.69, 9.17) is 4.74 Å². The lowest BCUT2D eigenvalue weighted by atomic mass is 10.1. The molecule has 1 amide bonds. The molecule has 0 aliphatic carbocycles. The van der Waals surface area contributed by atoms with Gasteiger partial charge in [-0.1, -0.05) is 55.0 Å². The third-order valence-corrected chi connectivity index (χ3v) is 7.21. The van der Waals surface area contributed by atoms with Crippen LogP contribution in [-0.2, 0) is 27.7 Å². The molecule has 0 bridgehead atoms. The summed E-state index contributed by atoms with van der Waals surface area (Å²) in [5.41, 5.74) is 3.40. The van der Waals surface area contributed by atoms with Crippen molar-refractivity contribution in [1.82, 2.24) is 5.32 Å². The molecule has 0 unspecified atom stereocenters. The highest BCUT2D eigenvalue weighted by Gasteiger charge is 2.28. The van der Waals surface area contributed by atoms with Crippen molar-refractivity contribution in [2.45, 2.75) is 31.6 Å². The first-order valence-corrected chi connectivity index (χ1v) is 12.4. The van der Waals surface area contributed by atoms with Gasteiger partial charge in [0.2, 0.25) is 5.91 Å². The van der Waals surface area contributed by atoms with Crippen LogP contribution in [0.5, 0.6) is 5.75 Å². The number of aryl methyl sites for hydroxylation is 2. The van der Waals surface area contributed by atoms with Gasteiger partial charge in [0.25, 0.3) is 10.0 Å². The number of amides is 1. The second-order valence-corrected chi connectivity index (χ2v) is 9.62. The Balaban J connectivity index is 1.79. The Hall–Kier alpha value is -3.32. The van der Waals surface area contributed by atoms with Crippen LogP contribution < -0.4 is 14.4 Å². The molecule has 3 rings (SSSR count). The Morgan fingerprint density at radius 2 is 1.64 bits per heavy atom. The maximum absolute atomic E-state index is 13.5. The second kappa shape index (κ2) is 11.0. The Bertz CT molecular complexity index is 1170. The van der Waals surface area contributed by atoms with Gasteiger partial charge in [-0.15, -0.1) is 0 Å². The summed E-state index contributed by atoms with van der Waals surface area (Å²) < 4.78 is 33.4. The number of carbonyl (C=O) groups excluding carboxylic acids is 1. The molecule has 7 heteroatoms. The van der Waals surface area contributed by atoms with Gasteiger partial charge in [0, 0.05) is 6.54 Å². The minimum Gasteiger partial charge on any atom is -0.497 e. The summed E-state index contributed by atoms with van der Waals surface area (Å²) in [4.78, 5) is 13.0. The lowest BCUT2D eigenvalue weighted by Gasteiger charge is -2.26. The van der Waals surface area contributed by atoms with E-state index in [9.17, 15) is 13.2 Å². The van der Waals surface area contributed by atoms with Gasteiger partial charge >= 0.3 is 0 Å². The fourth-order valence-electron chi connectivity index (χ4n) is 3.52. The van der Waals surface area contributed by atoms with Gasteiger partial charge in [-0.3, -0.25) is 9.10 Å². The number of nitrogens with one attached hydrogen (secondary N) is 1. The molecule has 0 saturated heterocycles. The van der Waals surface area contributed by atoms with Crippen LogP contribution in [0.3, 0.4) is 0 Å². The second-order valence-electron chi connectivity index (χ2n) is 7.76. The number of para-hydroxylation sites is 1. The Morgan fingerprint density at radius 3 is 2.27 bits per heavy atom. The Morgan fingerprint density at radius 1 is 0.970 bits per heavy atom. The van der Waals surface area contributed by atoms with Gasteiger partial charge in [-0.25, -0.2) is 8.42 Å². The molecule has 0 aliphatic rings.